The summed E-state index contributed by atoms with van der Waals surface area (Å²) in [7, 11) is -2.23. The molecule has 2 rings (SSSR count). The molecular weight excluding hydrogens is 336 g/mol. The van der Waals surface area contributed by atoms with Crippen LogP contribution in [-0.2, 0) is 14.8 Å². The van der Waals surface area contributed by atoms with Crippen LogP contribution in [0.5, 0.6) is 0 Å². The maximum absolute atomic E-state index is 12.5. The van der Waals surface area contributed by atoms with Gasteiger partial charge >= 0.3 is 0 Å². The maximum atomic E-state index is 12.5. The first-order valence-corrected chi connectivity index (χ1v) is 8.82. The average molecular weight is 353 g/mol. The highest BCUT2D eigenvalue weighted by molar-refractivity contribution is 7.89. The second-order valence-electron chi connectivity index (χ2n) is 4.92. The highest BCUT2D eigenvalue weighted by Crippen LogP contribution is 2.22. The van der Waals surface area contributed by atoms with Crippen molar-refractivity contribution in [2.75, 3.05) is 7.05 Å². The molecule has 0 fully saturated rings. The molecule has 0 radical (unpaired) electrons. The number of carbonyl (C=O) groups excluding carboxylic acids is 1. The Balaban J connectivity index is 2.30. The van der Waals surface area contributed by atoms with E-state index in [0.29, 0.717) is 10.6 Å². The Hall–Kier alpha value is -1.89. The Bertz CT molecular complexity index is 762. The molecule has 7 heteroatoms. The lowest BCUT2D eigenvalue weighted by Crippen LogP contribution is -2.32. The molecule has 2 aromatic rings. The summed E-state index contributed by atoms with van der Waals surface area (Å²) in [6.07, 6.45) is -0.00973. The highest BCUT2D eigenvalue weighted by Gasteiger charge is 2.23. The van der Waals surface area contributed by atoms with Crippen molar-refractivity contribution in [2.24, 2.45) is 0 Å². The fourth-order valence-electron chi connectivity index (χ4n) is 2.07. The third kappa shape index (κ3) is 4.79. The van der Waals surface area contributed by atoms with Crippen LogP contribution < -0.4 is 10.0 Å². The summed E-state index contributed by atoms with van der Waals surface area (Å²) in [5.74, 6) is -0.263. The van der Waals surface area contributed by atoms with Gasteiger partial charge in [0.05, 0.1) is 10.9 Å². The number of rotatable bonds is 6. The van der Waals surface area contributed by atoms with Gasteiger partial charge in [-0.3, -0.25) is 4.79 Å². The van der Waals surface area contributed by atoms with E-state index in [0.717, 1.165) is 0 Å². The van der Waals surface area contributed by atoms with E-state index in [4.69, 9.17) is 11.6 Å². The summed E-state index contributed by atoms with van der Waals surface area (Å²) in [5, 5.41) is 3.04. The van der Waals surface area contributed by atoms with Crippen molar-refractivity contribution < 1.29 is 13.2 Å². The van der Waals surface area contributed by atoms with Gasteiger partial charge in [-0.2, -0.15) is 0 Å². The average Bonchev–Trinajstić information content (AvgIpc) is 2.55. The minimum absolute atomic E-state index is 0.00973. The second-order valence-corrected chi connectivity index (χ2v) is 7.07. The van der Waals surface area contributed by atoms with Gasteiger partial charge in [-0.05, 0) is 29.8 Å². The molecule has 0 spiro atoms. The van der Waals surface area contributed by atoms with E-state index in [1.54, 1.807) is 42.5 Å². The minimum Gasteiger partial charge on any atom is -0.359 e. The van der Waals surface area contributed by atoms with Crippen LogP contribution in [-0.4, -0.2) is 21.4 Å². The zero-order valence-electron chi connectivity index (χ0n) is 12.5. The van der Waals surface area contributed by atoms with Crippen LogP contribution in [0.4, 0.5) is 0 Å². The Kier molecular flexibility index (Phi) is 5.76. The van der Waals surface area contributed by atoms with Gasteiger partial charge < -0.3 is 5.32 Å². The first kappa shape index (κ1) is 17.5. The van der Waals surface area contributed by atoms with Crippen molar-refractivity contribution in [2.45, 2.75) is 17.4 Å². The number of hydrogen-bond donors (Lipinski definition) is 2. The molecule has 0 aliphatic carbocycles. The van der Waals surface area contributed by atoms with Crippen molar-refractivity contribution in [3.8, 4) is 0 Å². The van der Waals surface area contributed by atoms with Gasteiger partial charge in [-0.1, -0.05) is 41.9 Å². The largest absolute Gasteiger partial charge is 0.359 e. The van der Waals surface area contributed by atoms with Gasteiger partial charge in [0.15, 0.2) is 0 Å². The molecule has 5 nitrogen and oxygen atoms in total. The predicted molar refractivity (Wildman–Crippen MR) is 89.6 cm³/mol. The van der Waals surface area contributed by atoms with Gasteiger partial charge in [0.25, 0.3) is 0 Å². The van der Waals surface area contributed by atoms with Crippen LogP contribution >= 0.6 is 11.6 Å². The van der Waals surface area contributed by atoms with E-state index >= 15 is 0 Å². The van der Waals surface area contributed by atoms with Crippen molar-refractivity contribution in [3.63, 3.8) is 0 Å². The molecule has 0 saturated carbocycles. The Labute approximate surface area is 140 Å². The highest BCUT2D eigenvalue weighted by atomic mass is 35.5. The summed E-state index contributed by atoms with van der Waals surface area (Å²) in [6.45, 7) is 0. The number of sulfonamides is 1. The third-order valence-corrected chi connectivity index (χ3v) is 5.03. The number of nitrogens with one attached hydrogen (secondary N) is 2. The quantitative estimate of drug-likeness (QED) is 0.838. The standard InChI is InChI=1S/C16H17ClN2O3S/c1-18-16(20)11-15(12-7-9-13(17)10-8-12)19-23(21,22)14-5-3-2-4-6-14/h2-10,15,19H,11H2,1H3,(H,18,20)/t15-/m1/s1. The minimum atomic E-state index is -3.73. The molecule has 1 amide bonds. The Morgan fingerprint density at radius 3 is 2.26 bits per heavy atom. The molecular formula is C16H17ClN2O3S. The molecule has 0 heterocycles. The smallest absolute Gasteiger partial charge is 0.241 e. The van der Waals surface area contributed by atoms with Crippen LogP contribution in [0.25, 0.3) is 0 Å². The number of hydrogen-bond acceptors (Lipinski definition) is 3. The van der Waals surface area contributed by atoms with E-state index in [-0.39, 0.29) is 17.2 Å². The molecule has 0 aliphatic heterocycles. The first-order chi connectivity index (χ1) is 10.9. The molecule has 23 heavy (non-hydrogen) atoms. The molecule has 0 unspecified atom stereocenters. The maximum Gasteiger partial charge on any atom is 0.241 e. The molecule has 0 bridgehead atoms. The zero-order valence-corrected chi connectivity index (χ0v) is 14.1. The van der Waals surface area contributed by atoms with E-state index < -0.39 is 16.1 Å². The summed E-state index contributed by atoms with van der Waals surface area (Å²) < 4.78 is 27.5. The van der Waals surface area contributed by atoms with Crippen molar-refractivity contribution in [1.29, 1.82) is 0 Å². The molecule has 2 aromatic carbocycles. The van der Waals surface area contributed by atoms with Crippen molar-refractivity contribution >= 4 is 27.5 Å². The normalized spacial score (nSPS) is 12.6. The summed E-state index contributed by atoms with van der Waals surface area (Å²) in [4.78, 5) is 11.9. The Morgan fingerprint density at radius 2 is 1.70 bits per heavy atom. The topological polar surface area (TPSA) is 75.3 Å². The van der Waals surface area contributed by atoms with E-state index in [9.17, 15) is 13.2 Å². The lowest BCUT2D eigenvalue weighted by molar-refractivity contribution is -0.121. The second kappa shape index (κ2) is 7.59. The predicted octanol–water partition coefficient (Wildman–Crippen LogP) is 2.50. The SMILES string of the molecule is CNC(=O)C[C@@H](NS(=O)(=O)c1ccccc1)c1ccc(Cl)cc1. The lowest BCUT2D eigenvalue weighted by atomic mass is 10.0. The fraction of sp³-hybridized carbons (Fsp3) is 0.188. The number of amides is 1. The summed E-state index contributed by atoms with van der Waals surface area (Å²) in [5.41, 5.74) is 0.664. The van der Waals surface area contributed by atoms with Crippen LogP contribution in [0.3, 0.4) is 0 Å². The van der Waals surface area contributed by atoms with Gasteiger partial charge in [-0.25, -0.2) is 13.1 Å². The monoisotopic (exact) mass is 352 g/mol. The molecule has 122 valence electrons. The zero-order chi connectivity index (χ0) is 16.9. The first-order valence-electron chi connectivity index (χ1n) is 6.96. The molecule has 2 N–H and O–H groups in total. The molecule has 0 aliphatic rings. The molecule has 1 atom stereocenters. The van der Waals surface area contributed by atoms with E-state index in [2.05, 4.69) is 10.0 Å². The van der Waals surface area contributed by atoms with Crippen LogP contribution in [0, 0.1) is 0 Å². The molecule has 0 saturated heterocycles. The van der Waals surface area contributed by atoms with Crippen molar-refractivity contribution in [1.82, 2.24) is 10.0 Å². The van der Waals surface area contributed by atoms with Gasteiger partial charge in [0, 0.05) is 18.5 Å². The van der Waals surface area contributed by atoms with Crippen LogP contribution in [0.2, 0.25) is 5.02 Å². The fourth-order valence-corrected chi connectivity index (χ4v) is 3.44. The summed E-state index contributed by atoms with van der Waals surface area (Å²) >= 11 is 5.86. The van der Waals surface area contributed by atoms with Gasteiger partial charge in [0.1, 0.15) is 0 Å². The van der Waals surface area contributed by atoms with Gasteiger partial charge in [0.2, 0.25) is 15.9 Å². The Morgan fingerprint density at radius 1 is 1.09 bits per heavy atom. The number of carbonyl (C=O) groups is 1. The summed E-state index contributed by atoms with van der Waals surface area (Å²) in [6, 6.07) is 14.1. The van der Waals surface area contributed by atoms with Gasteiger partial charge in [-0.15, -0.1) is 0 Å². The third-order valence-electron chi connectivity index (χ3n) is 3.29. The molecule has 0 aromatic heterocycles. The number of halogens is 1. The lowest BCUT2D eigenvalue weighted by Gasteiger charge is -2.19. The van der Waals surface area contributed by atoms with E-state index in [1.807, 2.05) is 0 Å². The van der Waals surface area contributed by atoms with Crippen LogP contribution in [0.1, 0.15) is 18.0 Å². The number of benzene rings is 2. The van der Waals surface area contributed by atoms with Crippen LogP contribution in [0.15, 0.2) is 59.5 Å². The van der Waals surface area contributed by atoms with E-state index in [1.165, 1.54) is 19.2 Å². The van der Waals surface area contributed by atoms with Crippen molar-refractivity contribution in [3.05, 3.63) is 65.2 Å².